The number of hydrogen-bond acceptors (Lipinski definition) is 10. The molecule has 0 aromatic heterocycles. The molecule has 0 saturated carbocycles. The van der Waals surface area contributed by atoms with Gasteiger partial charge in [0.2, 0.25) is 6.29 Å². The zero-order valence-corrected chi connectivity index (χ0v) is 17.7. The molecule has 10 heteroatoms. The first-order valence-electron chi connectivity index (χ1n) is 10.1. The second kappa shape index (κ2) is 9.27. The highest BCUT2D eigenvalue weighted by Gasteiger charge is 2.46. The topological polar surface area (TPSA) is 155 Å². The minimum absolute atomic E-state index is 0.0795. The molecule has 2 aliphatic rings. The number of methoxy groups -OCH3 is 1. The van der Waals surface area contributed by atoms with Crippen LogP contribution >= 0.6 is 0 Å². The van der Waals surface area contributed by atoms with Crippen LogP contribution in [-0.4, -0.2) is 87.6 Å². The quantitative estimate of drug-likeness (QED) is 0.334. The van der Waals surface area contributed by atoms with Crippen molar-refractivity contribution < 1.29 is 49.3 Å². The Labute approximate surface area is 179 Å². The zero-order valence-electron chi connectivity index (χ0n) is 17.7. The smallest absolute Gasteiger partial charge is 0.305 e. The molecule has 2 heterocycles. The first kappa shape index (κ1) is 23.7. The van der Waals surface area contributed by atoms with E-state index in [1.165, 1.54) is 7.11 Å². The number of fused-ring (bicyclic) bond motifs is 1. The maximum absolute atomic E-state index is 11.6. The van der Waals surface area contributed by atoms with Crippen molar-refractivity contribution in [1.29, 1.82) is 0 Å². The van der Waals surface area contributed by atoms with Gasteiger partial charge in [-0.15, -0.1) is 0 Å². The van der Waals surface area contributed by atoms with E-state index in [1.54, 1.807) is 26.0 Å². The molecule has 0 bridgehead atoms. The van der Waals surface area contributed by atoms with Crippen LogP contribution in [0.5, 0.6) is 11.5 Å². The van der Waals surface area contributed by atoms with Gasteiger partial charge in [-0.05, 0) is 31.9 Å². The number of hydrogen-bond donors (Lipinski definition) is 5. The van der Waals surface area contributed by atoms with Crippen LogP contribution in [0.1, 0.15) is 31.4 Å². The van der Waals surface area contributed by atoms with Crippen molar-refractivity contribution in [3.05, 3.63) is 23.3 Å². The van der Waals surface area contributed by atoms with Gasteiger partial charge in [0, 0.05) is 18.4 Å². The van der Waals surface area contributed by atoms with Crippen LogP contribution in [0, 0.1) is 0 Å². The van der Waals surface area contributed by atoms with Crippen molar-refractivity contribution in [2.24, 2.45) is 0 Å². The van der Waals surface area contributed by atoms with Gasteiger partial charge in [0.05, 0.1) is 19.3 Å². The largest absolute Gasteiger partial charge is 0.487 e. The molecule has 6 atom stereocenters. The minimum Gasteiger partial charge on any atom is -0.487 e. The molecular weight excluding hydrogens is 412 g/mol. The van der Waals surface area contributed by atoms with Gasteiger partial charge < -0.3 is 44.5 Å². The fourth-order valence-electron chi connectivity index (χ4n) is 3.70. The van der Waals surface area contributed by atoms with E-state index >= 15 is 0 Å². The van der Waals surface area contributed by atoms with Crippen LogP contribution in [-0.2, 0) is 27.1 Å². The van der Waals surface area contributed by atoms with Crippen LogP contribution in [0.3, 0.4) is 0 Å². The third-order valence-corrected chi connectivity index (χ3v) is 5.65. The number of aliphatic hydroxyl groups is 5. The summed E-state index contributed by atoms with van der Waals surface area (Å²) in [7, 11) is 1.29. The first-order chi connectivity index (χ1) is 14.6. The maximum atomic E-state index is 11.6. The molecule has 0 spiro atoms. The Bertz CT molecular complexity index is 787. The molecule has 0 aliphatic carbocycles. The van der Waals surface area contributed by atoms with E-state index in [-0.39, 0.29) is 18.6 Å². The van der Waals surface area contributed by atoms with Gasteiger partial charge in [-0.3, -0.25) is 4.79 Å². The number of carbonyl (C=O) groups is 1. The predicted octanol–water partition coefficient (Wildman–Crippen LogP) is -0.955. The molecule has 1 fully saturated rings. The molecular formula is C21H30O10. The van der Waals surface area contributed by atoms with Gasteiger partial charge >= 0.3 is 5.97 Å². The number of carbonyl (C=O) groups excluding carboxylic acids is 1. The molecule has 0 radical (unpaired) electrons. The van der Waals surface area contributed by atoms with E-state index in [1.807, 2.05) is 0 Å². The predicted molar refractivity (Wildman–Crippen MR) is 106 cm³/mol. The summed E-state index contributed by atoms with van der Waals surface area (Å²) >= 11 is 0. The van der Waals surface area contributed by atoms with E-state index < -0.39 is 55.0 Å². The van der Waals surface area contributed by atoms with E-state index in [4.69, 9.17) is 18.9 Å². The molecule has 2 aliphatic heterocycles. The number of benzene rings is 1. The molecule has 0 unspecified atom stereocenters. The maximum Gasteiger partial charge on any atom is 0.305 e. The summed E-state index contributed by atoms with van der Waals surface area (Å²) in [5.74, 6) is 0.357. The van der Waals surface area contributed by atoms with Crippen molar-refractivity contribution >= 4 is 5.97 Å². The number of esters is 1. The summed E-state index contributed by atoms with van der Waals surface area (Å²) in [5, 5.41) is 50.2. The molecule has 1 aromatic rings. The molecule has 3 rings (SSSR count). The van der Waals surface area contributed by atoms with Crippen LogP contribution in [0.25, 0.3) is 0 Å². The Morgan fingerprint density at radius 1 is 1.19 bits per heavy atom. The lowest BCUT2D eigenvalue weighted by molar-refractivity contribution is -0.277. The lowest BCUT2D eigenvalue weighted by Crippen LogP contribution is -2.60. The second-order valence-electron chi connectivity index (χ2n) is 8.39. The van der Waals surface area contributed by atoms with Crippen LogP contribution in [0.15, 0.2) is 12.1 Å². The molecule has 0 amide bonds. The Morgan fingerprint density at radius 3 is 2.52 bits per heavy atom. The lowest BCUT2D eigenvalue weighted by Gasteiger charge is -2.40. The lowest BCUT2D eigenvalue weighted by atomic mass is 9.95. The van der Waals surface area contributed by atoms with Crippen molar-refractivity contribution in [3.63, 3.8) is 0 Å². The summed E-state index contributed by atoms with van der Waals surface area (Å²) in [6, 6.07) is 3.42. The van der Waals surface area contributed by atoms with Gasteiger partial charge in [0.15, 0.2) is 0 Å². The minimum atomic E-state index is -1.59. The van der Waals surface area contributed by atoms with Gasteiger partial charge in [-0.25, -0.2) is 0 Å². The zero-order chi connectivity index (χ0) is 22.9. The summed E-state index contributed by atoms with van der Waals surface area (Å²) in [5.41, 5.74) is 0.0959. The molecule has 1 saturated heterocycles. The third-order valence-electron chi connectivity index (χ3n) is 5.65. The highest BCUT2D eigenvalue weighted by atomic mass is 16.7. The standard InChI is InChI=1S/C21H30O10/c1-21(2,27)14-8-11-12(29-14)6-4-10(5-7-15(23)28-3)19(11)31-20-18(26)17(25)16(24)13(9-22)30-20/h4,6,13-14,16-18,20,22,24-27H,5,7-9H2,1-3H3/t13-,14-,16-,17+,18-,20+/m1/s1. The normalized spacial score (nSPS) is 30.5. The van der Waals surface area contributed by atoms with E-state index in [2.05, 4.69) is 0 Å². The average Bonchev–Trinajstić information content (AvgIpc) is 3.18. The van der Waals surface area contributed by atoms with Crippen molar-refractivity contribution in [1.82, 2.24) is 0 Å². The van der Waals surface area contributed by atoms with E-state index in [9.17, 15) is 30.3 Å². The number of aliphatic hydroxyl groups excluding tert-OH is 4. The van der Waals surface area contributed by atoms with Gasteiger partial charge in [0.1, 0.15) is 42.0 Å². The number of aryl methyl sites for hydroxylation is 1. The number of rotatable bonds is 7. The summed E-state index contributed by atoms with van der Waals surface area (Å²) < 4.78 is 22.0. The average molecular weight is 442 g/mol. The third kappa shape index (κ3) is 4.94. The fraction of sp³-hybridized carbons (Fsp3) is 0.667. The monoisotopic (exact) mass is 442 g/mol. The van der Waals surface area contributed by atoms with Crippen LogP contribution in [0.4, 0.5) is 0 Å². The van der Waals surface area contributed by atoms with Crippen molar-refractivity contribution in [3.8, 4) is 11.5 Å². The Kier molecular flexibility index (Phi) is 7.09. The summed E-state index contributed by atoms with van der Waals surface area (Å²) in [6.45, 7) is 2.66. The Morgan fingerprint density at radius 2 is 1.90 bits per heavy atom. The first-order valence-corrected chi connectivity index (χ1v) is 10.1. The second-order valence-corrected chi connectivity index (χ2v) is 8.39. The summed E-state index contributed by atoms with van der Waals surface area (Å²) in [4.78, 5) is 11.6. The van der Waals surface area contributed by atoms with Crippen LogP contribution < -0.4 is 9.47 Å². The van der Waals surface area contributed by atoms with Gasteiger partial charge in [0.25, 0.3) is 0 Å². The fourth-order valence-corrected chi connectivity index (χ4v) is 3.70. The molecule has 1 aromatic carbocycles. The van der Waals surface area contributed by atoms with Crippen LogP contribution in [0.2, 0.25) is 0 Å². The summed E-state index contributed by atoms with van der Waals surface area (Å²) in [6.07, 6.45) is -7.10. The molecule has 10 nitrogen and oxygen atoms in total. The molecule has 31 heavy (non-hydrogen) atoms. The van der Waals surface area contributed by atoms with Gasteiger partial charge in [-0.2, -0.15) is 0 Å². The SMILES string of the molecule is COC(=O)CCc1ccc2c(c1O[C@@H]1O[C@H](CO)[C@@H](O)[C@H](O)[C@H]1O)C[C@H](C(C)(C)O)O2. The van der Waals surface area contributed by atoms with Crippen molar-refractivity contribution in [2.75, 3.05) is 13.7 Å². The van der Waals surface area contributed by atoms with E-state index in [0.29, 0.717) is 23.3 Å². The molecule has 5 N–H and O–H groups in total. The van der Waals surface area contributed by atoms with Crippen molar-refractivity contribution in [2.45, 2.75) is 75.5 Å². The highest BCUT2D eigenvalue weighted by Crippen LogP contribution is 2.42. The van der Waals surface area contributed by atoms with E-state index in [0.717, 1.165) is 0 Å². The Balaban J connectivity index is 1.93. The number of ether oxygens (including phenoxy) is 4. The van der Waals surface area contributed by atoms with Gasteiger partial charge in [-0.1, -0.05) is 6.07 Å². The molecule has 174 valence electrons. The highest BCUT2D eigenvalue weighted by molar-refractivity contribution is 5.70. The Hall–Kier alpha value is -1.95.